The molecule has 0 spiro atoms. The fourth-order valence-electron chi connectivity index (χ4n) is 7.37. The van der Waals surface area contributed by atoms with Gasteiger partial charge in [0.2, 0.25) is 29.5 Å². The number of hydrogen-bond donors (Lipinski definition) is 5. The fourth-order valence-corrected chi connectivity index (χ4v) is 7.37. The van der Waals surface area contributed by atoms with Gasteiger partial charge in [-0.2, -0.15) is 4.39 Å². The van der Waals surface area contributed by atoms with Gasteiger partial charge < -0.3 is 70.6 Å². The molecule has 3 aromatic rings. The van der Waals surface area contributed by atoms with Crippen molar-refractivity contribution >= 4 is 46.6 Å². The molecule has 0 radical (unpaired) electrons. The fraction of sp³-hybridized carbons (Fsp3) is 0.520. The van der Waals surface area contributed by atoms with E-state index in [1.807, 2.05) is 48.5 Å². The summed E-state index contributed by atoms with van der Waals surface area (Å²) in [6.45, 7) is 7.90. The van der Waals surface area contributed by atoms with Crippen molar-refractivity contribution in [2.24, 2.45) is 11.7 Å². The van der Waals surface area contributed by atoms with Gasteiger partial charge in [-0.3, -0.25) is 28.9 Å². The molecule has 2 aliphatic rings. The van der Waals surface area contributed by atoms with Crippen molar-refractivity contribution in [3.05, 3.63) is 89.5 Å². The molecular weight excluding hydrogens is 939 g/mol. The predicted octanol–water partition coefficient (Wildman–Crippen LogP) is 2.60. The first-order valence-corrected chi connectivity index (χ1v) is 24.0. The maximum Gasteiger partial charge on any atom is 0.255 e. The number of halogens is 1. The summed E-state index contributed by atoms with van der Waals surface area (Å²) in [5, 5.41) is 8.99. The second-order valence-corrected chi connectivity index (χ2v) is 16.2. The number of carbonyl (C=O) groups excluding carboxylic acids is 5. The minimum atomic E-state index is -0.659. The van der Waals surface area contributed by atoms with E-state index < -0.39 is 5.95 Å². The van der Waals surface area contributed by atoms with Gasteiger partial charge in [0, 0.05) is 75.1 Å². The van der Waals surface area contributed by atoms with Crippen LogP contribution in [-0.2, 0) is 63.7 Å². The molecule has 0 bridgehead atoms. The second kappa shape index (κ2) is 33.5. The maximum atomic E-state index is 13.8. The number of benzene rings is 2. The number of pyridine rings is 1. The number of likely N-dealkylation sites (tertiary alicyclic amines) is 1. The molecule has 21 nitrogen and oxygen atoms in total. The number of aromatic nitrogens is 1. The Morgan fingerprint density at radius 3 is 1.86 bits per heavy atom. The average molecular weight is 1010 g/mol. The first kappa shape index (κ1) is 58.5. The molecule has 72 heavy (non-hydrogen) atoms. The average Bonchev–Trinajstić information content (AvgIpc) is 3.61. The van der Waals surface area contributed by atoms with Crippen molar-refractivity contribution in [1.82, 2.24) is 32.0 Å². The highest BCUT2D eigenvalue weighted by Crippen LogP contribution is 2.35. The van der Waals surface area contributed by atoms with Crippen molar-refractivity contribution in [3.63, 3.8) is 0 Å². The summed E-state index contributed by atoms with van der Waals surface area (Å²) >= 11 is 0. The van der Waals surface area contributed by atoms with Crippen LogP contribution in [0.1, 0.15) is 49.3 Å². The van der Waals surface area contributed by atoms with Crippen LogP contribution >= 0.6 is 0 Å². The maximum absolute atomic E-state index is 13.8. The summed E-state index contributed by atoms with van der Waals surface area (Å²) in [7, 11) is 0. The number of nitrogens with one attached hydrogen (secondary N) is 3. The van der Waals surface area contributed by atoms with Gasteiger partial charge in [-0.05, 0) is 23.8 Å². The Hall–Kier alpha value is -6.11. The van der Waals surface area contributed by atoms with Crippen LogP contribution in [0.2, 0.25) is 0 Å². The third-order valence-electron chi connectivity index (χ3n) is 11.0. The molecule has 3 heterocycles. The summed E-state index contributed by atoms with van der Waals surface area (Å²) in [5.74, 6) is -2.03. The smallest absolute Gasteiger partial charge is 0.255 e. The van der Waals surface area contributed by atoms with Crippen LogP contribution in [0.3, 0.4) is 0 Å². The van der Waals surface area contributed by atoms with Crippen molar-refractivity contribution in [2.45, 2.75) is 39.2 Å². The minimum Gasteiger partial charge on any atom is -0.486 e. The number of imide groups is 1. The highest BCUT2D eigenvalue weighted by Gasteiger charge is 2.35. The summed E-state index contributed by atoms with van der Waals surface area (Å²) in [6.07, 6.45) is 1.81. The molecule has 2 aromatic carbocycles. The number of rotatable bonds is 35. The lowest BCUT2D eigenvalue weighted by atomic mass is 9.96. The van der Waals surface area contributed by atoms with Crippen LogP contribution in [-0.4, -0.2) is 165 Å². The van der Waals surface area contributed by atoms with Gasteiger partial charge in [0.1, 0.15) is 6.61 Å². The molecule has 1 saturated heterocycles. The summed E-state index contributed by atoms with van der Waals surface area (Å²) in [4.78, 5) is 68.6. The van der Waals surface area contributed by atoms with Gasteiger partial charge >= 0.3 is 0 Å². The molecule has 2 aliphatic heterocycles. The Kier molecular flexibility index (Phi) is 27.2. The number of anilines is 1. The number of nitrogens with two attached hydrogens (primary N) is 1. The minimum absolute atomic E-state index is 0. The number of para-hydroxylation sites is 1. The van der Waals surface area contributed by atoms with Crippen LogP contribution in [0.4, 0.5) is 10.1 Å². The van der Waals surface area contributed by atoms with Crippen molar-refractivity contribution in [2.75, 3.05) is 130 Å². The third kappa shape index (κ3) is 20.2. The summed E-state index contributed by atoms with van der Waals surface area (Å²) in [6, 6.07) is 18.4. The van der Waals surface area contributed by atoms with Gasteiger partial charge in [0.05, 0.1) is 116 Å². The molecule has 1 atom stereocenters. The topological polar surface area (TPSA) is 276 Å². The second-order valence-electron chi connectivity index (χ2n) is 16.2. The van der Waals surface area contributed by atoms with E-state index in [2.05, 4.69) is 20.9 Å². The highest BCUT2D eigenvalue weighted by molar-refractivity contribution is 6.03. The molecule has 0 saturated carbocycles. The van der Waals surface area contributed by atoms with Crippen LogP contribution in [0.15, 0.2) is 66.9 Å². The summed E-state index contributed by atoms with van der Waals surface area (Å²) < 4.78 is 57.7. The van der Waals surface area contributed by atoms with E-state index in [4.69, 9.17) is 43.6 Å². The summed E-state index contributed by atoms with van der Waals surface area (Å²) in [5.41, 5.74) is 11.2. The number of fused-ring (bicyclic) bond motifs is 2. The Balaban J connectivity index is 0.0000112. The van der Waals surface area contributed by atoms with Crippen molar-refractivity contribution in [3.8, 4) is 5.75 Å². The Morgan fingerprint density at radius 1 is 0.667 bits per heavy atom. The molecule has 396 valence electrons. The lowest BCUT2D eigenvalue weighted by molar-refractivity contribution is -0.139. The number of hydrogen-bond acceptors (Lipinski definition) is 17. The first-order chi connectivity index (χ1) is 34.6. The quantitative estimate of drug-likeness (QED) is 0.0322. The van der Waals surface area contributed by atoms with Crippen molar-refractivity contribution in [1.29, 1.82) is 0 Å². The standard InChI is InChI=1S/C50H68FN7O13.H3N/c1-37-35-46(62)57(50(37)63)19-13-43(59)54-17-21-65-24-27-68-30-29-67-26-23-64-20-14-44(60)53-16-12-45(61)58-36-38-7-2-3-8-39(38)48(47(52)40-9-4-5-10-41(40)58)55-18-22-66-25-28-69-31-32-70-33-34-71-42-11-6-15-56-49(42)51;/h2-11,15,37,55H,12-14,16-36,52H2,1H3,(H,53,60)(H,54,59);1H3/b48-47-;/i51-1;. The molecule has 5 rings (SSSR count). The van der Waals surface area contributed by atoms with Crippen LogP contribution in [0, 0.1) is 11.9 Å². The molecule has 8 N–H and O–H groups in total. The van der Waals surface area contributed by atoms with Crippen LogP contribution in [0.25, 0.3) is 11.4 Å². The van der Waals surface area contributed by atoms with Gasteiger partial charge in [0.15, 0.2) is 5.75 Å². The van der Waals surface area contributed by atoms with E-state index in [1.165, 1.54) is 12.3 Å². The number of nitrogens with zero attached hydrogens (tertiary/aromatic N) is 3. The van der Waals surface area contributed by atoms with E-state index in [9.17, 15) is 28.4 Å². The zero-order valence-electron chi connectivity index (χ0n) is 41.2. The van der Waals surface area contributed by atoms with E-state index in [1.54, 1.807) is 17.9 Å². The largest absolute Gasteiger partial charge is 0.486 e. The van der Waals surface area contributed by atoms with Gasteiger partial charge in [-0.25, -0.2) is 4.98 Å². The molecule has 1 fully saturated rings. The normalized spacial score (nSPS) is 15.3. The van der Waals surface area contributed by atoms with Crippen molar-refractivity contribution < 1.29 is 66.3 Å². The monoisotopic (exact) mass is 1010 g/mol. The number of ether oxygens (including phenoxy) is 8. The van der Waals surface area contributed by atoms with Gasteiger partial charge in [0.25, 0.3) is 5.95 Å². The lowest BCUT2D eigenvalue weighted by Gasteiger charge is -2.30. The van der Waals surface area contributed by atoms with Crippen LogP contribution in [0.5, 0.6) is 5.75 Å². The SMILES string of the molecule is CC1CC(=O)N(CCC(=O)NCCOCCOCCOCCOCCC(=O)NCCC(=O)N2Cc3ccccc3/C(NCCOCCOCCOCCOc3cccnc3[18F])=C(/N)c3ccccc32)C1=O.N. The predicted molar refractivity (Wildman–Crippen MR) is 264 cm³/mol. The first-order valence-electron chi connectivity index (χ1n) is 24.0. The molecule has 1 unspecified atom stereocenters. The molecule has 1 aromatic heterocycles. The Bertz CT molecular complexity index is 2190. The highest BCUT2D eigenvalue weighted by atomic mass is 18.2. The zero-order chi connectivity index (χ0) is 50.5. The van der Waals surface area contributed by atoms with Gasteiger partial charge in [-0.1, -0.05) is 49.4 Å². The van der Waals surface area contributed by atoms with E-state index >= 15 is 0 Å². The number of amides is 5. The Labute approximate surface area is 420 Å². The molecule has 5 amide bonds. The third-order valence-corrected chi connectivity index (χ3v) is 11.0. The molecule has 22 heteroatoms. The molecule has 0 aliphatic carbocycles. The molecular formula is C50H71FN8O13. The van der Waals surface area contributed by atoms with Gasteiger partial charge in [-0.15, -0.1) is 0 Å². The van der Waals surface area contributed by atoms with E-state index in [0.29, 0.717) is 116 Å². The number of carbonyl (C=O) groups is 5. The van der Waals surface area contributed by atoms with E-state index in [-0.39, 0.29) is 106 Å². The van der Waals surface area contributed by atoms with E-state index in [0.717, 1.165) is 21.7 Å². The lowest BCUT2D eigenvalue weighted by Crippen LogP contribution is -2.36. The van der Waals surface area contributed by atoms with Crippen LogP contribution < -0.4 is 37.5 Å². The Morgan fingerprint density at radius 2 is 1.22 bits per heavy atom. The zero-order valence-corrected chi connectivity index (χ0v) is 41.2.